The van der Waals surface area contributed by atoms with Crippen LogP contribution in [0.3, 0.4) is 0 Å². The Morgan fingerprint density at radius 2 is 1.77 bits per heavy atom. The van der Waals surface area contributed by atoms with Crippen LogP contribution >= 0.6 is 11.6 Å². The van der Waals surface area contributed by atoms with Crippen LogP contribution in [0, 0.1) is 0 Å². The van der Waals surface area contributed by atoms with E-state index >= 15 is 0 Å². The number of carbonyl (C=O) groups is 2. The Bertz CT molecular complexity index is 1000. The van der Waals surface area contributed by atoms with E-state index in [0.717, 1.165) is 5.56 Å². The summed E-state index contributed by atoms with van der Waals surface area (Å²) in [5, 5.41) is 9.20. The smallest absolute Gasteiger partial charge is 0.250 e. The maximum Gasteiger partial charge on any atom is 0.250 e. The first kappa shape index (κ1) is 21.4. The molecular formula is C22H22ClN3O4. The number of furan rings is 1. The van der Waals surface area contributed by atoms with Gasteiger partial charge in [0, 0.05) is 29.1 Å². The molecule has 3 aromatic rings. The number of hydrogen-bond donors (Lipinski definition) is 3. The fourth-order valence-electron chi connectivity index (χ4n) is 2.71. The number of benzene rings is 2. The lowest BCUT2D eigenvalue weighted by atomic mass is 10.2. The lowest BCUT2D eigenvalue weighted by molar-refractivity contribution is -0.120. The average Bonchev–Trinajstić information content (AvgIpc) is 3.21. The Morgan fingerprint density at radius 1 is 1.00 bits per heavy atom. The highest BCUT2D eigenvalue weighted by Gasteiger charge is 2.08. The van der Waals surface area contributed by atoms with Crippen molar-refractivity contribution in [2.75, 3.05) is 30.9 Å². The number of amides is 2. The van der Waals surface area contributed by atoms with Crippen LogP contribution in [0.4, 0.5) is 11.4 Å². The minimum atomic E-state index is -0.246. The molecule has 156 valence electrons. The first-order valence-electron chi connectivity index (χ1n) is 9.27. The van der Waals surface area contributed by atoms with Gasteiger partial charge in [-0.25, -0.2) is 0 Å². The number of methoxy groups -OCH3 is 1. The Kier molecular flexibility index (Phi) is 7.48. The fraction of sp³-hybridized carbons (Fsp3) is 0.182. The maximum absolute atomic E-state index is 12.1. The molecule has 0 aliphatic rings. The number of carbonyl (C=O) groups excluding carboxylic acids is 2. The molecule has 8 heteroatoms. The van der Waals surface area contributed by atoms with Gasteiger partial charge in [-0.1, -0.05) is 17.7 Å². The van der Waals surface area contributed by atoms with E-state index in [0.29, 0.717) is 27.9 Å². The minimum absolute atomic E-state index is 0.0213. The summed E-state index contributed by atoms with van der Waals surface area (Å²) in [4.78, 5) is 23.7. The van der Waals surface area contributed by atoms with Crippen LogP contribution in [0.2, 0.25) is 5.02 Å². The summed E-state index contributed by atoms with van der Waals surface area (Å²) in [5.74, 6) is 0.926. The standard InChI is InChI=1S/C22H22ClN3O4/c1-29-14-22(28)26-18-4-2-3-17(11-18)24-13-21(27)25-12-19-9-10-20(30-19)15-5-7-16(23)8-6-15/h2-11,24H,12-14H2,1H3,(H,25,27)(H,26,28). The molecule has 0 spiro atoms. The van der Waals surface area contributed by atoms with E-state index in [-0.39, 0.29) is 31.5 Å². The normalized spacial score (nSPS) is 10.5. The zero-order valence-corrected chi connectivity index (χ0v) is 17.2. The van der Waals surface area contributed by atoms with Gasteiger partial charge in [0.2, 0.25) is 11.8 Å². The summed E-state index contributed by atoms with van der Waals surface area (Å²) >= 11 is 5.90. The quantitative estimate of drug-likeness (QED) is 0.481. The monoisotopic (exact) mass is 427 g/mol. The lowest BCUT2D eigenvalue weighted by Crippen LogP contribution is -2.29. The van der Waals surface area contributed by atoms with Crippen LogP contribution in [0.5, 0.6) is 0 Å². The van der Waals surface area contributed by atoms with Gasteiger partial charge in [-0.3, -0.25) is 9.59 Å². The summed E-state index contributed by atoms with van der Waals surface area (Å²) < 4.78 is 10.6. The van der Waals surface area contributed by atoms with Gasteiger partial charge in [-0.05, 0) is 54.6 Å². The molecule has 1 aromatic heterocycles. The highest BCUT2D eigenvalue weighted by atomic mass is 35.5. The van der Waals surface area contributed by atoms with Gasteiger partial charge in [0.25, 0.3) is 0 Å². The molecule has 3 rings (SSSR count). The zero-order valence-electron chi connectivity index (χ0n) is 16.4. The number of rotatable bonds is 9. The summed E-state index contributed by atoms with van der Waals surface area (Å²) in [7, 11) is 1.46. The van der Waals surface area contributed by atoms with Gasteiger partial charge in [0.1, 0.15) is 18.1 Å². The highest BCUT2D eigenvalue weighted by Crippen LogP contribution is 2.23. The van der Waals surface area contributed by atoms with Crippen LogP contribution in [-0.2, 0) is 20.9 Å². The molecule has 0 aliphatic carbocycles. The summed E-state index contributed by atoms with van der Waals surface area (Å²) in [5.41, 5.74) is 2.24. The highest BCUT2D eigenvalue weighted by molar-refractivity contribution is 6.30. The molecule has 0 fully saturated rings. The average molecular weight is 428 g/mol. The van der Waals surface area contributed by atoms with Crippen molar-refractivity contribution < 1.29 is 18.7 Å². The van der Waals surface area contributed by atoms with Crippen molar-refractivity contribution in [1.82, 2.24) is 5.32 Å². The van der Waals surface area contributed by atoms with Crippen LogP contribution in [-0.4, -0.2) is 32.1 Å². The van der Waals surface area contributed by atoms with Crippen molar-refractivity contribution in [3.8, 4) is 11.3 Å². The number of halogens is 1. The van der Waals surface area contributed by atoms with E-state index in [1.165, 1.54) is 7.11 Å². The van der Waals surface area contributed by atoms with Crippen molar-refractivity contribution in [2.45, 2.75) is 6.54 Å². The van der Waals surface area contributed by atoms with Gasteiger partial charge < -0.3 is 25.1 Å². The van der Waals surface area contributed by atoms with Crippen molar-refractivity contribution in [1.29, 1.82) is 0 Å². The molecule has 0 bridgehead atoms. The largest absolute Gasteiger partial charge is 0.459 e. The van der Waals surface area contributed by atoms with Crippen molar-refractivity contribution in [3.63, 3.8) is 0 Å². The summed E-state index contributed by atoms with van der Waals surface area (Å²) in [6.45, 7) is 0.341. The minimum Gasteiger partial charge on any atom is -0.459 e. The van der Waals surface area contributed by atoms with Gasteiger partial charge >= 0.3 is 0 Å². The molecule has 0 saturated carbocycles. The van der Waals surface area contributed by atoms with Crippen molar-refractivity contribution in [3.05, 3.63) is 71.4 Å². The predicted molar refractivity (Wildman–Crippen MR) is 116 cm³/mol. The zero-order chi connectivity index (χ0) is 21.3. The van der Waals surface area contributed by atoms with E-state index in [4.69, 9.17) is 20.8 Å². The van der Waals surface area contributed by atoms with E-state index < -0.39 is 0 Å². The third kappa shape index (κ3) is 6.37. The molecule has 2 aromatic carbocycles. The molecule has 2 amide bonds. The molecule has 7 nitrogen and oxygen atoms in total. The SMILES string of the molecule is COCC(=O)Nc1cccc(NCC(=O)NCc2ccc(-c3ccc(Cl)cc3)o2)c1. The number of nitrogens with one attached hydrogen (secondary N) is 3. The van der Waals surface area contributed by atoms with Crippen LogP contribution in [0.15, 0.2) is 65.1 Å². The van der Waals surface area contributed by atoms with Gasteiger partial charge in [0.05, 0.1) is 13.1 Å². The third-order valence-electron chi connectivity index (χ3n) is 4.13. The summed E-state index contributed by atoms with van der Waals surface area (Å²) in [6.07, 6.45) is 0. The number of hydrogen-bond acceptors (Lipinski definition) is 5. The first-order valence-corrected chi connectivity index (χ1v) is 9.65. The topological polar surface area (TPSA) is 92.6 Å². The Morgan fingerprint density at radius 3 is 2.53 bits per heavy atom. The Balaban J connectivity index is 1.46. The predicted octanol–water partition coefficient (Wildman–Crippen LogP) is 3.91. The molecule has 0 unspecified atom stereocenters. The second kappa shape index (κ2) is 10.5. The number of ether oxygens (including phenoxy) is 1. The third-order valence-corrected chi connectivity index (χ3v) is 4.38. The molecule has 0 atom stereocenters. The fourth-order valence-corrected chi connectivity index (χ4v) is 2.83. The van der Waals surface area contributed by atoms with E-state index in [1.54, 1.807) is 30.3 Å². The van der Waals surface area contributed by atoms with Crippen molar-refractivity contribution in [2.24, 2.45) is 0 Å². The van der Waals surface area contributed by atoms with Crippen LogP contribution < -0.4 is 16.0 Å². The molecule has 1 heterocycles. The van der Waals surface area contributed by atoms with E-state index in [2.05, 4.69) is 16.0 Å². The van der Waals surface area contributed by atoms with Gasteiger partial charge in [-0.15, -0.1) is 0 Å². The Hall–Kier alpha value is -3.29. The van der Waals surface area contributed by atoms with Crippen LogP contribution in [0.25, 0.3) is 11.3 Å². The van der Waals surface area contributed by atoms with Gasteiger partial charge in [0.15, 0.2) is 0 Å². The molecule has 3 N–H and O–H groups in total. The van der Waals surface area contributed by atoms with E-state index in [1.807, 2.05) is 30.3 Å². The summed E-state index contributed by atoms with van der Waals surface area (Å²) in [6, 6.07) is 18.1. The second-order valence-electron chi connectivity index (χ2n) is 6.47. The lowest BCUT2D eigenvalue weighted by Gasteiger charge is -2.09. The first-order chi connectivity index (χ1) is 14.5. The van der Waals surface area contributed by atoms with Crippen molar-refractivity contribution >= 4 is 34.8 Å². The number of anilines is 2. The molecule has 0 saturated heterocycles. The van der Waals surface area contributed by atoms with Gasteiger partial charge in [-0.2, -0.15) is 0 Å². The Labute approximate surface area is 179 Å². The molecule has 0 radical (unpaired) electrons. The second-order valence-corrected chi connectivity index (χ2v) is 6.90. The molecule has 0 aliphatic heterocycles. The maximum atomic E-state index is 12.1. The van der Waals surface area contributed by atoms with Crippen LogP contribution in [0.1, 0.15) is 5.76 Å². The molecular weight excluding hydrogens is 406 g/mol. The molecule has 30 heavy (non-hydrogen) atoms. The van der Waals surface area contributed by atoms with E-state index in [9.17, 15) is 9.59 Å².